The molecule has 0 spiro atoms. The van der Waals surface area contributed by atoms with Gasteiger partial charge in [-0.25, -0.2) is 13.2 Å². The van der Waals surface area contributed by atoms with Crippen LogP contribution in [-0.4, -0.2) is 38.3 Å². The molecule has 2 aliphatic heterocycles. The van der Waals surface area contributed by atoms with Crippen molar-refractivity contribution < 1.29 is 27.3 Å². The van der Waals surface area contributed by atoms with Crippen LogP contribution in [0.1, 0.15) is 36.2 Å². The topological polar surface area (TPSA) is 106 Å². The molecule has 2 aromatic heterocycles. The third-order valence-corrected chi connectivity index (χ3v) is 5.99. The minimum absolute atomic E-state index is 0.115. The number of aryl methyl sites for hydroxylation is 2. The second-order valence-electron chi connectivity index (χ2n) is 8.22. The summed E-state index contributed by atoms with van der Waals surface area (Å²) in [6.45, 7) is 2.49. The van der Waals surface area contributed by atoms with Crippen molar-refractivity contribution in [2.24, 2.45) is 5.92 Å². The van der Waals surface area contributed by atoms with Gasteiger partial charge in [-0.1, -0.05) is 5.16 Å². The molecule has 5 rings (SSSR count). The third-order valence-electron chi connectivity index (χ3n) is 5.99. The Morgan fingerprint density at radius 1 is 1.21 bits per heavy atom. The van der Waals surface area contributed by atoms with Crippen molar-refractivity contribution >= 4 is 23.2 Å². The largest absolute Gasteiger partial charge is 0.339 e. The van der Waals surface area contributed by atoms with Crippen LogP contribution in [0.15, 0.2) is 22.9 Å². The summed E-state index contributed by atoms with van der Waals surface area (Å²) in [6.07, 6.45) is 2.54. The van der Waals surface area contributed by atoms with Crippen LogP contribution in [0, 0.1) is 30.3 Å². The van der Waals surface area contributed by atoms with E-state index in [9.17, 15) is 22.8 Å². The van der Waals surface area contributed by atoms with E-state index in [2.05, 4.69) is 20.6 Å². The van der Waals surface area contributed by atoms with Crippen molar-refractivity contribution in [3.8, 4) is 0 Å². The Bertz CT molecular complexity index is 1230. The molecule has 9 nitrogen and oxygen atoms in total. The number of halogens is 3. The van der Waals surface area contributed by atoms with Crippen LogP contribution >= 0.6 is 0 Å². The summed E-state index contributed by atoms with van der Waals surface area (Å²) in [5.41, 5.74) is 1.16. The summed E-state index contributed by atoms with van der Waals surface area (Å²) in [5, 5.41) is 10.6. The minimum Gasteiger partial charge on any atom is -0.339 e. The number of rotatable bonds is 4. The Labute approximate surface area is 185 Å². The zero-order valence-corrected chi connectivity index (χ0v) is 17.5. The van der Waals surface area contributed by atoms with E-state index in [1.54, 1.807) is 22.7 Å². The van der Waals surface area contributed by atoms with Gasteiger partial charge in [0.25, 0.3) is 0 Å². The molecule has 1 fully saturated rings. The van der Waals surface area contributed by atoms with E-state index in [4.69, 9.17) is 4.52 Å². The van der Waals surface area contributed by atoms with Crippen molar-refractivity contribution in [1.82, 2.24) is 19.9 Å². The van der Waals surface area contributed by atoms with Crippen LogP contribution in [0.4, 0.5) is 24.5 Å². The Morgan fingerprint density at radius 3 is 2.67 bits per heavy atom. The predicted octanol–water partition coefficient (Wildman–Crippen LogP) is 2.71. The average molecular weight is 460 g/mol. The number of anilines is 2. The third kappa shape index (κ3) is 3.85. The quantitative estimate of drug-likeness (QED) is 0.600. The summed E-state index contributed by atoms with van der Waals surface area (Å²) < 4.78 is 47.1. The van der Waals surface area contributed by atoms with Gasteiger partial charge in [-0.3, -0.25) is 14.3 Å². The molecule has 1 aromatic carbocycles. The van der Waals surface area contributed by atoms with Gasteiger partial charge >= 0.3 is 0 Å². The van der Waals surface area contributed by atoms with Crippen molar-refractivity contribution in [3.63, 3.8) is 0 Å². The van der Waals surface area contributed by atoms with Gasteiger partial charge in [-0.05, 0) is 13.3 Å². The van der Waals surface area contributed by atoms with Gasteiger partial charge < -0.3 is 14.7 Å². The number of nitrogens with one attached hydrogen (secondary N) is 1. The van der Waals surface area contributed by atoms with E-state index in [0.29, 0.717) is 42.6 Å². The molecule has 1 saturated heterocycles. The fourth-order valence-corrected chi connectivity index (χ4v) is 4.32. The van der Waals surface area contributed by atoms with Crippen molar-refractivity contribution in [1.29, 1.82) is 0 Å². The molecule has 3 aromatic rings. The highest BCUT2D eigenvalue weighted by Gasteiger charge is 2.38. The molecule has 2 aliphatic rings. The maximum atomic E-state index is 13.5. The fourth-order valence-electron chi connectivity index (χ4n) is 4.32. The molecule has 0 radical (unpaired) electrons. The van der Waals surface area contributed by atoms with Gasteiger partial charge in [0.15, 0.2) is 23.3 Å². The van der Waals surface area contributed by atoms with Crippen LogP contribution in [0.3, 0.4) is 0 Å². The van der Waals surface area contributed by atoms with Crippen molar-refractivity contribution in [2.45, 2.75) is 38.6 Å². The highest BCUT2D eigenvalue weighted by atomic mass is 19.2. The van der Waals surface area contributed by atoms with Crippen molar-refractivity contribution in [3.05, 3.63) is 53.2 Å². The standard InChI is InChI=1S/C21H19F3N6O3/c1-10-26-21(33-28-10)12-5-18(31)29(9-12)17-8-25-30-3-2-11(4-16(17)30)20(32)27-13-6-14(22)19(24)15(23)7-13/h6-8,11-12H,2-5,9H2,1H3,(H,27,32). The monoisotopic (exact) mass is 460 g/mol. The second-order valence-corrected chi connectivity index (χ2v) is 8.22. The van der Waals surface area contributed by atoms with Gasteiger partial charge in [0.1, 0.15) is 0 Å². The maximum absolute atomic E-state index is 13.5. The van der Waals surface area contributed by atoms with Crippen LogP contribution in [0.2, 0.25) is 0 Å². The Morgan fingerprint density at radius 2 is 1.97 bits per heavy atom. The highest BCUT2D eigenvalue weighted by molar-refractivity contribution is 5.97. The summed E-state index contributed by atoms with van der Waals surface area (Å²) in [6, 6.07) is 1.47. The number of hydrogen-bond donors (Lipinski definition) is 1. The smallest absolute Gasteiger partial charge is 0.232 e. The first-order valence-electron chi connectivity index (χ1n) is 10.4. The zero-order valence-electron chi connectivity index (χ0n) is 17.5. The number of aromatic nitrogens is 4. The summed E-state index contributed by atoms with van der Waals surface area (Å²) in [5.74, 6) is -4.78. The number of carbonyl (C=O) groups is 2. The van der Waals surface area contributed by atoms with Crippen LogP contribution in [0.5, 0.6) is 0 Å². The van der Waals surface area contributed by atoms with Gasteiger partial charge in [-0.2, -0.15) is 10.1 Å². The van der Waals surface area contributed by atoms with Crippen molar-refractivity contribution in [2.75, 3.05) is 16.8 Å². The lowest BCUT2D eigenvalue weighted by atomic mass is 9.94. The van der Waals surface area contributed by atoms with E-state index in [0.717, 1.165) is 12.1 Å². The van der Waals surface area contributed by atoms with Gasteiger partial charge in [0, 0.05) is 49.7 Å². The molecular weight excluding hydrogens is 441 g/mol. The first kappa shape index (κ1) is 21.2. The molecule has 1 N–H and O–H groups in total. The van der Waals surface area contributed by atoms with E-state index < -0.39 is 29.3 Å². The lowest BCUT2D eigenvalue weighted by molar-refractivity contribution is -0.120. The lowest BCUT2D eigenvalue weighted by Crippen LogP contribution is -2.32. The predicted molar refractivity (Wildman–Crippen MR) is 108 cm³/mol. The molecule has 12 heteroatoms. The molecule has 172 valence electrons. The normalized spacial score (nSPS) is 20.2. The number of amides is 2. The lowest BCUT2D eigenvalue weighted by Gasteiger charge is -2.25. The summed E-state index contributed by atoms with van der Waals surface area (Å²) >= 11 is 0. The Kier molecular flexibility index (Phi) is 5.14. The Hall–Kier alpha value is -3.70. The van der Waals surface area contributed by atoms with Crippen LogP contribution < -0.4 is 10.2 Å². The van der Waals surface area contributed by atoms with Crippen LogP contribution in [-0.2, 0) is 22.6 Å². The molecule has 0 saturated carbocycles. The van der Waals surface area contributed by atoms with E-state index in [1.165, 1.54) is 0 Å². The first-order chi connectivity index (χ1) is 15.8. The molecule has 2 atom stereocenters. The zero-order chi connectivity index (χ0) is 23.3. The van der Waals surface area contributed by atoms with Crippen LogP contribution in [0.25, 0.3) is 0 Å². The maximum Gasteiger partial charge on any atom is 0.232 e. The number of nitrogens with zero attached hydrogens (tertiary/aromatic N) is 5. The second kappa shape index (κ2) is 8.01. The number of carbonyl (C=O) groups excluding carboxylic acids is 2. The molecule has 2 unspecified atom stereocenters. The molecular formula is C21H19F3N6O3. The van der Waals surface area contributed by atoms with Gasteiger partial charge in [0.2, 0.25) is 17.7 Å². The van der Waals surface area contributed by atoms with Gasteiger partial charge in [-0.15, -0.1) is 0 Å². The number of benzene rings is 1. The molecule has 0 bridgehead atoms. The van der Waals surface area contributed by atoms with E-state index in [-0.39, 0.29) is 30.4 Å². The SMILES string of the molecule is Cc1noc(C2CC(=O)N(c3cnn4c3CC(C(=O)Nc3cc(F)c(F)c(F)c3)CC4)C2)n1. The fraction of sp³-hybridized carbons (Fsp3) is 0.381. The summed E-state index contributed by atoms with van der Waals surface area (Å²) in [7, 11) is 0. The highest BCUT2D eigenvalue weighted by Crippen LogP contribution is 2.35. The Balaban J connectivity index is 1.32. The summed E-state index contributed by atoms with van der Waals surface area (Å²) in [4.78, 5) is 31.3. The molecule has 0 aliphatic carbocycles. The average Bonchev–Trinajstić information content (AvgIpc) is 3.49. The number of fused-ring (bicyclic) bond motifs is 1. The first-order valence-corrected chi connectivity index (χ1v) is 10.4. The molecule has 2 amide bonds. The van der Waals surface area contributed by atoms with Gasteiger partial charge in [0.05, 0.1) is 23.5 Å². The minimum atomic E-state index is -1.59. The molecule has 4 heterocycles. The number of hydrogen-bond acceptors (Lipinski definition) is 6. The molecule has 33 heavy (non-hydrogen) atoms. The van der Waals surface area contributed by atoms with E-state index in [1.807, 2.05) is 0 Å². The van der Waals surface area contributed by atoms with E-state index >= 15 is 0 Å².